The third-order valence-corrected chi connectivity index (χ3v) is 7.00. The van der Waals surface area contributed by atoms with Gasteiger partial charge < -0.3 is 10.4 Å². The van der Waals surface area contributed by atoms with Crippen LogP contribution in [0.25, 0.3) is 0 Å². The minimum Gasteiger partial charge on any atom is -0.481 e. The molecule has 0 aliphatic carbocycles. The van der Waals surface area contributed by atoms with Crippen molar-refractivity contribution in [3.63, 3.8) is 0 Å². The summed E-state index contributed by atoms with van der Waals surface area (Å²) in [4.78, 5) is 24.6. The van der Waals surface area contributed by atoms with E-state index in [9.17, 15) is 18.0 Å². The van der Waals surface area contributed by atoms with Gasteiger partial charge in [0.25, 0.3) is 0 Å². The van der Waals surface area contributed by atoms with Crippen LogP contribution in [-0.2, 0) is 19.4 Å². The number of sulfone groups is 1. The summed E-state index contributed by atoms with van der Waals surface area (Å²) in [6.45, 7) is 0. The maximum Gasteiger partial charge on any atom is 0.305 e. The Labute approximate surface area is 145 Å². The van der Waals surface area contributed by atoms with E-state index in [-0.39, 0.29) is 12.2 Å². The summed E-state index contributed by atoms with van der Waals surface area (Å²) in [5.41, 5.74) is 0.650. The Hall–Kier alpha value is -1.54. The number of benzene rings is 1. The van der Waals surface area contributed by atoms with Gasteiger partial charge in [-0.15, -0.1) is 11.8 Å². The molecule has 6 nitrogen and oxygen atoms in total. The first kappa shape index (κ1) is 18.8. The highest BCUT2D eigenvalue weighted by atomic mass is 32.2. The molecule has 0 spiro atoms. The second kappa shape index (κ2) is 8.02. The summed E-state index contributed by atoms with van der Waals surface area (Å²) in [5.74, 6) is -1.65. The molecule has 1 saturated heterocycles. The fraction of sp³-hybridized carbons (Fsp3) is 0.500. The van der Waals surface area contributed by atoms with Gasteiger partial charge in [-0.05, 0) is 36.8 Å². The van der Waals surface area contributed by atoms with Gasteiger partial charge in [0.05, 0.1) is 18.2 Å². The van der Waals surface area contributed by atoms with E-state index in [1.165, 1.54) is 0 Å². The Balaban J connectivity index is 2.18. The van der Waals surface area contributed by atoms with Crippen molar-refractivity contribution in [3.05, 3.63) is 29.8 Å². The molecular formula is C16H21NO5S2. The van der Waals surface area contributed by atoms with Crippen LogP contribution >= 0.6 is 11.8 Å². The van der Waals surface area contributed by atoms with Gasteiger partial charge in [-0.25, -0.2) is 8.42 Å². The van der Waals surface area contributed by atoms with Crippen molar-refractivity contribution in [1.29, 1.82) is 0 Å². The van der Waals surface area contributed by atoms with Crippen LogP contribution in [0.4, 0.5) is 0 Å². The van der Waals surface area contributed by atoms with Crippen LogP contribution < -0.4 is 5.32 Å². The Morgan fingerprint density at radius 2 is 1.96 bits per heavy atom. The summed E-state index contributed by atoms with van der Waals surface area (Å²) < 4.78 is 24.1. The number of hydrogen-bond donors (Lipinski definition) is 2. The largest absolute Gasteiger partial charge is 0.481 e. The smallest absolute Gasteiger partial charge is 0.305 e. The normalized spacial score (nSPS) is 21.0. The third-order valence-electron chi connectivity index (χ3n) is 4.08. The van der Waals surface area contributed by atoms with Gasteiger partial charge in [-0.2, -0.15) is 0 Å². The van der Waals surface area contributed by atoms with E-state index in [1.54, 1.807) is 23.9 Å². The number of rotatable bonds is 6. The highest BCUT2D eigenvalue weighted by Crippen LogP contribution is 2.24. The highest BCUT2D eigenvalue weighted by Gasteiger charge is 2.36. The lowest BCUT2D eigenvalue weighted by Crippen LogP contribution is -2.44. The minimum absolute atomic E-state index is 0.0110. The van der Waals surface area contributed by atoms with E-state index in [2.05, 4.69) is 5.32 Å². The molecule has 0 radical (unpaired) electrons. The fourth-order valence-electron chi connectivity index (χ4n) is 2.78. The number of nitrogens with one attached hydrogen (secondary N) is 1. The molecule has 2 atom stereocenters. The average Bonchev–Trinajstić information content (AvgIpc) is 2.53. The molecule has 2 unspecified atom stereocenters. The number of thioether (sulfide) groups is 1. The predicted molar refractivity (Wildman–Crippen MR) is 92.8 cm³/mol. The standard InChI is InChI=1S/C16H21NO5S2/c1-23-12-7-5-11(6-8-12)13(10-15(18)19)17-16(20)14-4-2-3-9-24(14,21)22/h5-8,13-14H,2-4,9-10H2,1H3,(H,17,20)(H,18,19). The van der Waals surface area contributed by atoms with Gasteiger partial charge in [0, 0.05) is 4.90 Å². The maximum absolute atomic E-state index is 12.4. The Morgan fingerprint density at radius 1 is 1.29 bits per heavy atom. The van der Waals surface area contributed by atoms with Crippen LogP contribution in [0, 0.1) is 0 Å². The maximum atomic E-state index is 12.4. The predicted octanol–water partition coefficient (Wildman–Crippen LogP) is 2.01. The second-order valence-corrected chi connectivity index (χ2v) is 8.97. The summed E-state index contributed by atoms with van der Waals surface area (Å²) >= 11 is 1.56. The monoisotopic (exact) mass is 371 g/mol. The average molecular weight is 371 g/mol. The van der Waals surface area contributed by atoms with Crippen LogP contribution in [0.15, 0.2) is 29.2 Å². The summed E-state index contributed by atoms with van der Waals surface area (Å²) in [6.07, 6.45) is 3.18. The number of carbonyl (C=O) groups excluding carboxylic acids is 1. The molecular weight excluding hydrogens is 350 g/mol. The fourth-order valence-corrected chi connectivity index (χ4v) is 5.00. The molecule has 8 heteroatoms. The van der Waals surface area contributed by atoms with E-state index < -0.39 is 33.0 Å². The number of amides is 1. The van der Waals surface area contributed by atoms with Crippen molar-refractivity contribution in [2.45, 2.75) is 41.9 Å². The number of carboxylic acids is 1. The molecule has 1 amide bonds. The number of carboxylic acid groups (broad SMARTS) is 1. The molecule has 1 aromatic carbocycles. The van der Waals surface area contributed by atoms with Crippen molar-refractivity contribution < 1.29 is 23.1 Å². The number of aliphatic carboxylic acids is 1. The van der Waals surface area contributed by atoms with Gasteiger partial charge in [-0.1, -0.05) is 18.6 Å². The molecule has 0 saturated carbocycles. The van der Waals surface area contributed by atoms with Crippen LogP contribution in [-0.4, -0.2) is 42.7 Å². The van der Waals surface area contributed by atoms with Crippen molar-refractivity contribution in [3.8, 4) is 0 Å². The lowest BCUT2D eigenvalue weighted by Gasteiger charge is -2.24. The lowest BCUT2D eigenvalue weighted by atomic mass is 10.0. The van der Waals surface area contributed by atoms with Crippen LogP contribution in [0.5, 0.6) is 0 Å². The lowest BCUT2D eigenvalue weighted by molar-refractivity contribution is -0.137. The SMILES string of the molecule is CSc1ccc(C(CC(=O)O)NC(=O)C2CCCCS2(=O)=O)cc1. The quantitative estimate of drug-likeness (QED) is 0.742. The van der Waals surface area contributed by atoms with E-state index in [0.717, 1.165) is 4.90 Å². The van der Waals surface area contributed by atoms with Gasteiger partial charge in [0.1, 0.15) is 5.25 Å². The molecule has 1 fully saturated rings. The molecule has 0 bridgehead atoms. The Bertz CT molecular complexity index is 700. The first-order valence-corrected chi connectivity index (χ1v) is 10.6. The van der Waals surface area contributed by atoms with Crippen LogP contribution in [0.1, 0.15) is 37.3 Å². The van der Waals surface area contributed by atoms with E-state index in [0.29, 0.717) is 24.8 Å². The molecule has 24 heavy (non-hydrogen) atoms. The first-order valence-electron chi connectivity index (χ1n) is 7.71. The molecule has 0 aromatic heterocycles. The number of hydrogen-bond acceptors (Lipinski definition) is 5. The molecule has 1 heterocycles. The van der Waals surface area contributed by atoms with E-state index >= 15 is 0 Å². The molecule has 2 rings (SSSR count). The zero-order valence-electron chi connectivity index (χ0n) is 13.4. The Kier molecular flexibility index (Phi) is 6.28. The molecule has 1 aliphatic heterocycles. The zero-order valence-corrected chi connectivity index (χ0v) is 15.0. The first-order chi connectivity index (χ1) is 11.3. The summed E-state index contributed by atoms with van der Waals surface area (Å²) in [6, 6.07) is 6.46. The van der Waals surface area contributed by atoms with Crippen molar-refractivity contribution in [2.24, 2.45) is 0 Å². The van der Waals surface area contributed by atoms with E-state index in [4.69, 9.17) is 5.11 Å². The van der Waals surface area contributed by atoms with Crippen molar-refractivity contribution in [2.75, 3.05) is 12.0 Å². The summed E-state index contributed by atoms with van der Waals surface area (Å²) in [7, 11) is -3.45. The molecule has 1 aromatic rings. The zero-order chi connectivity index (χ0) is 17.7. The molecule has 2 N–H and O–H groups in total. The van der Waals surface area contributed by atoms with E-state index in [1.807, 2.05) is 18.4 Å². The topological polar surface area (TPSA) is 101 Å². The second-order valence-electron chi connectivity index (χ2n) is 5.78. The van der Waals surface area contributed by atoms with Gasteiger partial charge in [0.2, 0.25) is 5.91 Å². The third kappa shape index (κ3) is 4.73. The highest BCUT2D eigenvalue weighted by molar-refractivity contribution is 7.98. The summed E-state index contributed by atoms with van der Waals surface area (Å²) in [5, 5.41) is 10.6. The molecule has 132 valence electrons. The van der Waals surface area contributed by atoms with Crippen molar-refractivity contribution in [1.82, 2.24) is 5.32 Å². The Morgan fingerprint density at radius 3 is 2.50 bits per heavy atom. The van der Waals surface area contributed by atoms with Gasteiger partial charge >= 0.3 is 5.97 Å². The van der Waals surface area contributed by atoms with Gasteiger partial charge in [0.15, 0.2) is 9.84 Å². The van der Waals surface area contributed by atoms with Crippen molar-refractivity contribution >= 4 is 33.5 Å². The van der Waals surface area contributed by atoms with Crippen LogP contribution in [0.2, 0.25) is 0 Å². The van der Waals surface area contributed by atoms with Crippen LogP contribution in [0.3, 0.4) is 0 Å². The van der Waals surface area contributed by atoms with Gasteiger partial charge in [-0.3, -0.25) is 9.59 Å². The number of carbonyl (C=O) groups is 2. The minimum atomic E-state index is -3.45. The molecule has 1 aliphatic rings.